The predicted molar refractivity (Wildman–Crippen MR) is 75.5 cm³/mol. The van der Waals surface area contributed by atoms with Gasteiger partial charge >= 0.3 is 0 Å². The molecule has 0 amide bonds. The second-order valence-electron chi connectivity index (χ2n) is 3.17. The molecule has 0 saturated carbocycles. The number of benzene rings is 2. The third kappa shape index (κ3) is 8.09. The maximum Gasteiger partial charge on any atom is 0.118 e. The van der Waals surface area contributed by atoms with Gasteiger partial charge in [0.15, 0.2) is 0 Å². The van der Waals surface area contributed by atoms with Crippen LogP contribution in [0.2, 0.25) is 0 Å². The molecule has 17 heavy (non-hydrogen) atoms. The average Bonchev–Trinajstić information content (AvgIpc) is 2.43. The molecule has 0 atom stereocenters. The highest BCUT2D eigenvalue weighted by molar-refractivity contribution is 5.20. The molecule has 1 nitrogen and oxygen atoms in total. The van der Waals surface area contributed by atoms with Crippen LogP contribution in [0.5, 0.6) is 5.75 Å². The quantitative estimate of drug-likeness (QED) is 0.689. The van der Waals surface area contributed by atoms with Crippen molar-refractivity contribution in [2.45, 2.75) is 20.8 Å². The van der Waals surface area contributed by atoms with E-state index in [0.717, 1.165) is 5.75 Å². The van der Waals surface area contributed by atoms with Gasteiger partial charge in [-0.05, 0) is 19.1 Å². The summed E-state index contributed by atoms with van der Waals surface area (Å²) in [5.74, 6) is 0.910. The lowest BCUT2D eigenvalue weighted by Gasteiger charge is -1.93. The van der Waals surface area contributed by atoms with Crippen molar-refractivity contribution < 1.29 is 4.74 Å². The van der Waals surface area contributed by atoms with Crippen LogP contribution in [0.1, 0.15) is 19.4 Å². The first-order valence-electron chi connectivity index (χ1n) is 5.93. The highest BCUT2D eigenvalue weighted by Gasteiger charge is 1.80. The van der Waals surface area contributed by atoms with Crippen LogP contribution < -0.4 is 4.74 Å². The molecular formula is C16H22O. The monoisotopic (exact) mass is 230 g/mol. The summed E-state index contributed by atoms with van der Waals surface area (Å²) in [4.78, 5) is 0. The molecule has 2 aromatic carbocycles. The van der Waals surface area contributed by atoms with E-state index in [0.29, 0.717) is 0 Å². The maximum atomic E-state index is 4.91. The molecule has 0 bridgehead atoms. The van der Waals surface area contributed by atoms with Gasteiger partial charge in [-0.1, -0.05) is 67.9 Å². The van der Waals surface area contributed by atoms with Gasteiger partial charge in [-0.3, -0.25) is 0 Å². The van der Waals surface area contributed by atoms with Crippen molar-refractivity contribution in [1.82, 2.24) is 0 Å². The summed E-state index contributed by atoms with van der Waals surface area (Å²) in [5.41, 5.74) is 1.32. The normalized spacial score (nSPS) is 8.00. The fourth-order valence-electron chi connectivity index (χ4n) is 1.09. The molecule has 0 unspecified atom stereocenters. The van der Waals surface area contributed by atoms with Gasteiger partial charge in [0.1, 0.15) is 5.75 Å². The van der Waals surface area contributed by atoms with Crippen LogP contribution in [0.4, 0.5) is 0 Å². The highest BCUT2D eigenvalue weighted by Crippen LogP contribution is 2.05. The zero-order valence-electron chi connectivity index (χ0n) is 11.2. The smallest absolute Gasteiger partial charge is 0.118 e. The topological polar surface area (TPSA) is 9.23 Å². The minimum atomic E-state index is 0.910. The van der Waals surface area contributed by atoms with Crippen molar-refractivity contribution in [3.63, 3.8) is 0 Å². The van der Waals surface area contributed by atoms with Gasteiger partial charge in [0.05, 0.1) is 7.11 Å². The molecule has 2 aromatic rings. The Hall–Kier alpha value is -1.76. The summed E-state index contributed by atoms with van der Waals surface area (Å²) in [5, 5.41) is 0. The molecule has 0 aliphatic rings. The fourth-order valence-corrected chi connectivity index (χ4v) is 1.09. The van der Waals surface area contributed by atoms with Gasteiger partial charge in [0.2, 0.25) is 0 Å². The Kier molecular flexibility index (Phi) is 9.64. The van der Waals surface area contributed by atoms with Crippen molar-refractivity contribution in [1.29, 1.82) is 0 Å². The molecule has 2 rings (SSSR count). The summed E-state index contributed by atoms with van der Waals surface area (Å²) in [7, 11) is 1.66. The molecule has 0 fully saturated rings. The Labute approximate surface area is 105 Å². The molecule has 0 saturated heterocycles. The van der Waals surface area contributed by atoms with Crippen LogP contribution in [-0.4, -0.2) is 7.11 Å². The largest absolute Gasteiger partial charge is 0.497 e. The van der Waals surface area contributed by atoms with E-state index < -0.39 is 0 Å². The van der Waals surface area contributed by atoms with E-state index in [4.69, 9.17) is 4.74 Å². The third-order valence-electron chi connectivity index (χ3n) is 1.92. The lowest BCUT2D eigenvalue weighted by Crippen LogP contribution is -1.78. The first kappa shape index (κ1) is 15.2. The van der Waals surface area contributed by atoms with Crippen LogP contribution in [0.3, 0.4) is 0 Å². The van der Waals surface area contributed by atoms with E-state index in [1.165, 1.54) is 5.56 Å². The number of hydrogen-bond donors (Lipinski definition) is 0. The number of aryl methyl sites for hydroxylation is 1. The Morgan fingerprint density at radius 3 is 1.35 bits per heavy atom. The molecule has 0 spiro atoms. The average molecular weight is 230 g/mol. The Morgan fingerprint density at radius 1 is 0.706 bits per heavy atom. The van der Waals surface area contributed by atoms with Gasteiger partial charge in [-0.15, -0.1) is 0 Å². The van der Waals surface area contributed by atoms with Gasteiger partial charge in [-0.2, -0.15) is 0 Å². The van der Waals surface area contributed by atoms with Gasteiger partial charge in [0, 0.05) is 0 Å². The SMILES string of the molecule is CC.COc1ccccc1.Cc1ccccc1. The number of methoxy groups -OCH3 is 1. The summed E-state index contributed by atoms with van der Waals surface area (Å²) >= 11 is 0. The first-order chi connectivity index (χ1) is 8.33. The second-order valence-corrected chi connectivity index (χ2v) is 3.17. The van der Waals surface area contributed by atoms with E-state index in [9.17, 15) is 0 Å². The van der Waals surface area contributed by atoms with Crippen LogP contribution in [-0.2, 0) is 0 Å². The predicted octanol–water partition coefficient (Wildman–Crippen LogP) is 4.72. The highest BCUT2D eigenvalue weighted by atomic mass is 16.5. The number of rotatable bonds is 1. The van der Waals surface area contributed by atoms with Gasteiger partial charge in [0.25, 0.3) is 0 Å². The standard InChI is InChI=1S/C7H8O.C7H8.C2H6/c1-8-7-5-3-2-4-6-7;1-7-5-3-2-4-6-7;1-2/h2-6H,1H3;2-6H,1H3;1-2H3. The molecule has 0 radical (unpaired) electrons. The molecule has 92 valence electrons. The lowest BCUT2D eigenvalue weighted by molar-refractivity contribution is 0.415. The Balaban J connectivity index is 0.000000265. The zero-order chi connectivity index (χ0) is 12.9. The fraction of sp³-hybridized carbons (Fsp3) is 0.250. The lowest BCUT2D eigenvalue weighted by atomic mass is 10.2. The van der Waals surface area contributed by atoms with Crippen molar-refractivity contribution in [3.8, 4) is 5.75 Å². The van der Waals surface area contributed by atoms with E-state index in [-0.39, 0.29) is 0 Å². The second kappa shape index (κ2) is 10.7. The Bertz CT molecular complexity index is 354. The minimum absolute atomic E-state index is 0.910. The summed E-state index contributed by atoms with van der Waals surface area (Å²) in [6.45, 7) is 6.08. The van der Waals surface area contributed by atoms with Crippen LogP contribution >= 0.6 is 0 Å². The summed E-state index contributed by atoms with van der Waals surface area (Å²) in [6, 6.07) is 19.9. The van der Waals surface area contributed by atoms with Crippen LogP contribution in [0.15, 0.2) is 60.7 Å². The minimum Gasteiger partial charge on any atom is -0.497 e. The first-order valence-corrected chi connectivity index (χ1v) is 5.93. The van der Waals surface area contributed by atoms with Crippen molar-refractivity contribution in [3.05, 3.63) is 66.2 Å². The molecule has 0 heterocycles. The van der Waals surface area contributed by atoms with Gasteiger partial charge in [-0.25, -0.2) is 0 Å². The van der Waals surface area contributed by atoms with E-state index in [1.54, 1.807) is 7.11 Å². The van der Waals surface area contributed by atoms with Crippen molar-refractivity contribution in [2.75, 3.05) is 7.11 Å². The Morgan fingerprint density at radius 2 is 1.12 bits per heavy atom. The number of hydrogen-bond acceptors (Lipinski definition) is 1. The molecule has 0 aliphatic heterocycles. The molecule has 1 heteroatoms. The van der Waals surface area contributed by atoms with Crippen molar-refractivity contribution >= 4 is 0 Å². The third-order valence-corrected chi connectivity index (χ3v) is 1.92. The summed E-state index contributed by atoms with van der Waals surface area (Å²) < 4.78 is 4.91. The number of ether oxygens (including phenoxy) is 1. The maximum absolute atomic E-state index is 4.91. The van der Waals surface area contributed by atoms with E-state index in [2.05, 4.69) is 19.1 Å². The van der Waals surface area contributed by atoms with Crippen LogP contribution in [0, 0.1) is 6.92 Å². The van der Waals surface area contributed by atoms with E-state index in [1.807, 2.05) is 62.4 Å². The van der Waals surface area contributed by atoms with Crippen molar-refractivity contribution in [2.24, 2.45) is 0 Å². The zero-order valence-corrected chi connectivity index (χ0v) is 11.2. The molecule has 0 aromatic heterocycles. The van der Waals surface area contributed by atoms with Gasteiger partial charge < -0.3 is 4.74 Å². The van der Waals surface area contributed by atoms with Crippen LogP contribution in [0.25, 0.3) is 0 Å². The molecular weight excluding hydrogens is 208 g/mol. The molecule has 0 N–H and O–H groups in total. The van der Waals surface area contributed by atoms with E-state index >= 15 is 0 Å². The number of para-hydroxylation sites is 1. The summed E-state index contributed by atoms with van der Waals surface area (Å²) in [6.07, 6.45) is 0. The molecule has 0 aliphatic carbocycles.